The standard InChI is InChI=1S/H2NOP.2Na.2H/c1-3-2;;;;/h(H2,1,2);;;;. The Balaban J connectivity index is -0.0000000200. The van der Waals surface area contributed by atoms with Gasteiger partial charge in [-0.1, -0.05) is 0 Å². The number of rotatable bonds is 0. The zero-order chi connectivity index (χ0) is 2.71. The molecule has 22 valence electrons. The Bertz CT molecular complexity index is 17.1. The Hall–Kier alpha value is 2.06. The molecule has 0 aromatic carbocycles. The van der Waals surface area contributed by atoms with Gasteiger partial charge in [-0.2, -0.15) is 0 Å². The van der Waals surface area contributed by atoms with E-state index >= 15 is 0 Å². The first kappa shape index (κ1) is 15.7. The van der Waals surface area contributed by atoms with Crippen LogP contribution in [-0.4, -0.2) is 59.1 Å². The summed E-state index contributed by atoms with van der Waals surface area (Å²) in [4.78, 5) is 0. The van der Waals surface area contributed by atoms with E-state index in [1.54, 1.807) is 0 Å². The molecule has 0 atom stereocenters. The van der Waals surface area contributed by atoms with Crippen LogP contribution in [0.3, 0.4) is 0 Å². The molecule has 0 aromatic rings. The molecule has 0 saturated carbocycles. The van der Waals surface area contributed by atoms with Gasteiger partial charge in [-0.3, -0.25) is 10.1 Å². The van der Waals surface area contributed by atoms with Crippen molar-refractivity contribution >= 4 is 67.7 Å². The van der Waals surface area contributed by atoms with Crippen molar-refractivity contribution < 1.29 is 4.57 Å². The van der Waals surface area contributed by atoms with Crippen LogP contribution in [0.2, 0.25) is 0 Å². The maximum absolute atomic E-state index is 8.68. The van der Waals surface area contributed by atoms with Crippen molar-refractivity contribution in [2.75, 3.05) is 0 Å². The molecular weight excluding hydrogens is 107 g/mol. The topological polar surface area (TPSA) is 43.1 Å². The van der Waals surface area contributed by atoms with Crippen molar-refractivity contribution in [1.29, 1.82) is 0 Å². The molecular formula is H4NNa2OP. The second-order valence-corrected chi connectivity index (χ2v) is 0.316. The molecule has 0 aliphatic carbocycles. The van der Waals surface area contributed by atoms with Crippen molar-refractivity contribution in [3.63, 3.8) is 0 Å². The predicted molar refractivity (Wildman–Crippen MR) is 26.1 cm³/mol. The fraction of sp³-hybridized carbons (Fsp3) is 0. The van der Waals surface area contributed by atoms with Gasteiger partial charge < -0.3 is 0 Å². The molecule has 0 spiro atoms. The SMILES string of the molecule is NP=O.[NaH].[NaH]. The first-order valence-corrected chi connectivity index (χ1v) is 1.32. The summed E-state index contributed by atoms with van der Waals surface area (Å²) in [5.41, 5.74) is 4.26. The fourth-order valence-electron chi connectivity index (χ4n) is 0. The molecule has 2 nitrogen and oxygen atoms in total. The third-order valence-corrected chi connectivity index (χ3v) is 0. The van der Waals surface area contributed by atoms with Gasteiger partial charge in [0, 0.05) is 0 Å². The zero-order valence-electron chi connectivity index (χ0n) is 1.43. The number of nitrogens with two attached hydrogens (primary N) is 1. The van der Waals surface area contributed by atoms with Crippen LogP contribution in [-0.2, 0) is 4.57 Å². The summed E-state index contributed by atoms with van der Waals surface area (Å²) in [6.07, 6.45) is 0. The summed E-state index contributed by atoms with van der Waals surface area (Å²) in [7, 11) is -0.333. The van der Waals surface area contributed by atoms with Gasteiger partial charge in [-0.25, -0.2) is 0 Å². The van der Waals surface area contributed by atoms with E-state index in [0.717, 1.165) is 0 Å². The fourth-order valence-corrected chi connectivity index (χ4v) is 0. The van der Waals surface area contributed by atoms with Crippen LogP contribution in [0.1, 0.15) is 0 Å². The number of hydrogen-bond donors (Lipinski definition) is 1. The minimum absolute atomic E-state index is 0. The van der Waals surface area contributed by atoms with Crippen molar-refractivity contribution in [2.24, 2.45) is 5.50 Å². The molecule has 0 heterocycles. The van der Waals surface area contributed by atoms with Crippen LogP contribution < -0.4 is 5.50 Å². The molecule has 2 N–H and O–H groups in total. The van der Waals surface area contributed by atoms with E-state index in [4.69, 9.17) is 4.57 Å². The van der Waals surface area contributed by atoms with Crippen LogP contribution in [0.4, 0.5) is 0 Å². The van der Waals surface area contributed by atoms with E-state index in [2.05, 4.69) is 5.50 Å². The van der Waals surface area contributed by atoms with Gasteiger partial charge in [0.2, 0.25) is 8.61 Å². The van der Waals surface area contributed by atoms with Crippen LogP contribution in [0, 0.1) is 0 Å². The van der Waals surface area contributed by atoms with E-state index in [0.29, 0.717) is 0 Å². The van der Waals surface area contributed by atoms with Gasteiger partial charge in [0.15, 0.2) is 0 Å². The van der Waals surface area contributed by atoms with Gasteiger partial charge >= 0.3 is 59.1 Å². The van der Waals surface area contributed by atoms with Gasteiger partial charge in [0.25, 0.3) is 0 Å². The molecule has 0 fully saturated rings. The third-order valence-electron chi connectivity index (χ3n) is 0. The van der Waals surface area contributed by atoms with Crippen LogP contribution in [0.5, 0.6) is 0 Å². The molecule has 0 aromatic heterocycles. The van der Waals surface area contributed by atoms with Gasteiger partial charge in [-0.15, -0.1) is 0 Å². The molecule has 0 amide bonds. The zero-order valence-corrected chi connectivity index (χ0v) is 2.33. The molecule has 0 unspecified atom stereocenters. The van der Waals surface area contributed by atoms with Gasteiger partial charge in [-0.05, 0) is 0 Å². The molecule has 0 aliphatic rings. The van der Waals surface area contributed by atoms with E-state index in [-0.39, 0.29) is 67.7 Å². The molecule has 0 aliphatic heterocycles. The van der Waals surface area contributed by atoms with Gasteiger partial charge in [0.05, 0.1) is 0 Å². The quantitative estimate of drug-likeness (QED) is 0.317. The summed E-state index contributed by atoms with van der Waals surface area (Å²) in [6, 6.07) is 0. The first-order valence-electron chi connectivity index (χ1n) is 0.441. The van der Waals surface area contributed by atoms with Crippen LogP contribution in [0.15, 0.2) is 0 Å². The summed E-state index contributed by atoms with van der Waals surface area (Å²) >= 11 is 0. The molecule has 0 radical (unpaired) electrons. The predicted octanol–water partition coefficient (Wildman–Crippen LogP) is -1.15. The Morgan fingerprint density at radius 1 is 1.40 bits per heavy atom. The maximum atomic E-state index is 8.68. The van der Waals surface area contributed by atoms with E-state index in [9.17, 15) is 0 Å². The minimum atomic E-state index is -0.333. The monoisotopic (exact) mass is 111 g/mol. The Labute approximate surface area is 76.7 Å². The molecule has 5 heteroatoms. The Kier molecular flexibility index (Phi) is 52.1. The Morgan fingerprint density at radius 3 is 1.40 bits per heavy atom. The Morgan fingerprint density at radius 2 is 1.40 bits per heavy atom. The van der Waals surface area contributed by atoms with E-state index in [1.807, 2.05) is 0 Å². The van der Waals surface area contributed by atoms with Crippen LogP contribution >= 0.6 is 8.61 Å². The summed E-state index contributed by atoms with van der Waals surface area (Å²) in [5.74, 6) is 0. The average Bonchev–Trinajstić information content (AvgIpc) is 0.918. The summed E-state index contributed by atoms with van der Waals surface area (Å²) < 4.78 is 8.68. The summed E-state index contributed by atoms with van der Waals surface area (Å²) in [5, 5.41) is 0. The van der Waals surface area contributed by atoms with Crippen molar-refractivity contribution in [2.45, 2.75) is 0 Å². The normalized spacial score (nSPS) is 4.20. The average molecular weight is 111 g/mol. The van der Waals surface area contributed by atoms with Gasteiger partial charge in [0.1, 0.15) is 0 Å². The van der Waals surface area contributed by atoms with E-state index in [1.165, 1.54) is 0 Å². The number of hydrogen-bond acceptors (Lipinski definition) is 1. The van der Waals surface area contributed by atoms with Crippen molar-refractivity contribution in [3.8, 4) is 0 Å². The molecule has 0 bridgehead atoms. The second-order valence-electron chi connectivity index (χ2n) is 0.105. The molecule has 0 rings (SSSR count). The van der Waals surface area contributed by atoms with Crippen molar-refractivity contribution in [3.05, 3.63) is 0 Å². The van der Waals surface area contributed by atoms with E-state index < -0.39 is 0 Å². The second kappa shape index (κ2) is 16.6. The summed E-state index contributed by atoms with van der Waals surface area (Å²) in [6.45, 7) is 0. The van der Waals surface area contributed by atoms with Crippen molar-refractivity contribution in [1.82, 2.24) is 0 Å². The molecule has 5 heavy (non-hydrogen) atoms. The first-order chi connectivity index (χ1) is 1.41. The van der Waals surface area contributed by atoms with Crippen LogP contribution in [0.25, 0.3) is 0 Å². The molecule has 0 saturated heterocycles. The third kappa shape index (κ3) is 23.5.